The molecule has 1 aliphatic heterocycles. The van der Waals surface area contributed by atoms with Gasteiger partial charge in [0.25, 0.3) is 5.91 Å². The predicted octanol–water partition coefficient (Wildman–Crippen LogP) is 1.98. The topological polar surface area (TPSA) is 69.7 Å². The summed E-state index contributed by atoms with van der Waals surface area (Å²) in [6, 6.07) is 7.08. The first-order chi connectivity index (χ1) is 12.0. The monoisotopic (exact) mass is 343 g/mol. The molecule has 134 valence electrons. The van der Waals surface area contributed by atoms with Gasteiger partial charge in [0, 0.05) is 49.3 Å². The predicted molar refractivity (Wildman–Crippen MR) is 95.1 cm³/mol. The lowest BCUT2D eigenvalue weighted by atomic mass is 10.1. The van der Waals surface area contributed by atoms with Gasteiger partial charge in [-0.2, -0.15) is 0 Å². The SMILES string of the molecule is CC(C)C(=O)N1CCN(C(=O)c2cccc(NC(=O)C3CC3)c2)CC1. The Labute approximate surface area is 148 Å². The zero-order valence-corrected chi connectivity index (χ0v) is 14.8. The Morgan fingerprint density at radius 2 is 1.68 bits per heavy atom. The average Bonchev–Trinajstić information content (AvgIpc) is 3.46. The van der Waals surface area contributed by atoms with Crippen molar-refractivity contribution in [1.29, 1.82) is 0 Å². The van der Waals surface area contributed by atoms with Crippen LogP contribution >= 0.6 is 0 Å². The number of piperazine rings is 1. The lowest BCUT2D eigenvalue weighted by Gasteiger charge is -2.35. The van der Waals surface area contributed by atoms with Crippen molar-refractivity contribution in [1.82, 2.24) is 9.80 Å². The number of rotatable bonds is 4. The van der Waals surface area contributed by atoms with E-state index in [0.29, 0.717) is 37.4 Å². The molecule has 0 bridgehead atoms. The van der Waals surface area contributed by atoms with Crippen LogP contribution in [-0.2, 0) is 9.59 Å². The van der Waals surface area contributed by atoms with Crippen molar-refractivity contribution in [3.63, 3.8) is 0 Å². The van der Waals surface area contributed by atoms with Crippen LogP contribution in [0.4, 0.5) is 5.69 Å². The van der Waals surface area contributed by atoms with Crippen molar-refractivity contribution in [2.75, 3.05) is 31.5 Å². The number of benzene rings is 1. The molecule has 6 heteroatoms. The number of carbonyl (C=O) groups is 3. The number of hydrogen-bond acceptors (Lipinski definition) is 3. The zero-order valence-electron chi connectivity index (χ0n) is 14.8. The van der Waals surface area contributed by atoms with Crippen molar-refractivity contribution in [3.05, 3.63) is 29.8 Å². The Bertz CT molecular complexity index is 674. The van der Waals surface area contributed by atoms with Gasteiger partial charge in [-0.1, -0.05) is 19.9 Å². The molecule has 1 saturated carbocycles. The van der Waals surface area contributed by atoms with Gasteiger partial charge >= 0.3 is 0 Å². The second-order valence-electron chi connectivity index (χ2n) is 7.12. The van der Waals surface area contributed by atoms with E-state index in [0.717, 1.165) is 12.8 Å². The van der Waals surface area contributed by atoms with E-state index in [-0.39, 0.29) is 29.6 Å². The van der Waals surface area contributed by atoms with E-state index >= 15 is 0 Å². The normalized spacial score (nSPS) is 17.6. The summed E-state index contributed by atoms with van der Waals surface area (Å²) in [5.41, 5.74) is 1.23. The molecule has 0 atom stereocenters. The molecule has 0 spiro atoms. The Hall–Kier alpha value is -2.37. The average molecular weight is 343 g/mol. The molecule has 25 heavy (non-hydrogen) atoms. The summed E-state index contributed by atoms with van der Waals surface area (Å²) < 4.78 is 0. The first-order valence-corrected chi connectivity index (χ1v) is 8.94. The van der Waals surface area contributed by atoms with E-state index in [1.54, 1.807) is 29.2 Å². The highest BCUT2D eigenvalue weighted by Gasteiger charge is 2.30. The van der Waals surface area contributed by atoms with Crippen molar-refractivity contribution < 1.29 is 14.4 Å². The first kappa shape index (κ1) is 17.5. The minimum absolute atomic E-state index is 0.0194. The van der Waals surface area contributed by atoms with Crippen molar-refractivity contribution in [2.24, 2.45) is 11.8 Å². The molecule has 6 nitrogen and oxygen atoms in total. The van der Waals surface area contributed by atoms with Gasteiger partial charge in [-0.25, -0.2) is 0 Å². The van der Waals surface area contributed by atoms with Gasteiger partial charge in [0.2, 0.25) is 11.8 Å². The molecule has 3 amide bonds. The molecule has 0 unspecified atom stereocenters. The Balaban J connectivity index is 1.60. The van der Waals surface area contributed by atoms with Gasteiger partial charge in [0.1, 0.15) is 0 Å². The molecule has 2 aliphatic rings. The maximum atomic E-state index is 12.7. The van der Waals surface area contributed by atoms with Gasteiger partial charge < -0.3 is 15.1 Å². The number of hydrogen-bond donors (Lipinski definition) is 1. The second kappa shape index (κ2) is 7.25. The van der Waals surface area contributed by atoms with E-state index in [9.17, 15) is 14.4 Å². The van der Waals surface area contributed by atoms with Crippen LogP contribution < -0.4 is 5.32 Å². The number of amides is 3. The third-order valence-electron chi connectivity index (χ3n) is 4.70. The molecular weight excluding hydrogens is 318 g/mol. The minimum atomic E-state index is -0.0563. The largest absolute Gasteiger partial charge is 0.339 e. The second-order valence-corrected chi connectivity index (χ2v) is 7.12. The Kier molecular flexibility index (Phi) is 5.06. The van der Waals surface area contributed by atoms with Crippen LogP contribution in [0.5, 0.6) is 0 Å². The molecule has 0 aromatic heterocycles. The van der Waals surface area contributed by atoms with Crippen molar-refractivity contribution in [2.45, 2.75) is 26.7 Å². The first-order valence-electron chi connectivity index (χ1n) is 8.94. The third kappa shape index (κ3) is 4.18. The van der Waals surface area contributed by atoms with E-state index in [4.69, 9.17) is 0 Å². The van der Waals surface area contributed by atoms with Gasteiger partial charge in [-0.15, -0.1) is 0 Å². The van der Waals surface area contributed by atoms with Gasteiger partial charge in [0.15, 0.2) is 0 Å². The molecule has 1 saturated heterocycles. The van der Waals surface area contributed by atoms with E-state index in [1.165, 1.54) is 0 Å². The van der Waals surface area contributed by atoms with E-state index < -0.39 is 0 Å². The van der Waals surface area contributed by atoms with E-state index in [1.807, 2.05) is 18.7 Å². The van der Waals surface area contributed by atoms with Crippen LogP contribution in [0, 0.1) is 11.8 Å². The van der Waals surface area contributed by atoms with Crippen molar-refractivity contribution in [3.8, 4) is 0 Å². The van der Waals surface area contributed by atoms with Gasteiger partial charge in [0.05, 0.1) is 0 Å². The fourth-order valence-electron chi connectivity index (χ4n) is 3.00. The van der Waals surface area contributed by atoms with Crippen LogP contribution in [-0.4, -0.2) is 53.7 Å². The van der Waals surface area contributed by atoms with Crippen LogP contribution in [0.25, 0.3) is 0 Å². The molecule has 0 radical (unpaired) electrons. The summed E-state index contributed by atoms with van der Waals surface area (Å²) in [5.74, 6) is 0.224. The maximum absolute atomic E-state index is 12.7. The summed E-state index contributed by atoms with van der Waals surface area (Å²) in [6.07, 6.45) is 1.90. The van der Waals surface area contributed by atoms with Crippen LogP contribution in [0.3, 0.4) is 0 Å². The summed E-state index contributed by atoms with van der Waals surface area (Å²) in [5, 5.41) is 2.87. The molecule has 2 fully saturated rings. The summed E-state index contributed by atoms with van der Waals surface area (Å²) in [4.78, 5) is 40.2. The molecule has 1 heterocycles. The van der Waals surface area contributed by atoms with Crippen LogP contribution in [0.1, 0.15) is 37.0 Å². The molecule has 1 aromatic rings. The molecule has 3 rings (SSSR count). The fourth-order valence-corrected chi connectivity index (χ4v) is 3.00. The number of nitrogens with one attached hydrogen (secondary N) is 1. The Morgan fingerprint density at radius 3 is 2.28 bits per heavy atom. The summed E-state index contributed by atoms with van der Waals surface area (Å²) in [7, 11) is 0. The van der Waals surface area contributed by atoms with Crippen molar-refractivity contribution >= 4 is 23.4 Å². The molecule has 1 N–H and O–H groups in total. The minimum Gasteiger partial charge on any atom is -0.339 e. The summed E-state index contributed by atoms with van der Waals surface area (Å²) >= 11 is 0. The fraction of sp³-hybridized carbons (Fsp3) is 0.526. The summed E-state index contributed by atoms with van der Waals surface area (Å²) in [6.45, 7) is 6.00. The smallest absolute Gasteiger partial charge is 0.254 e. The standard InChI is InChI=1S/C19H25N3O3/c1-13(2)18(24)21-8-10-22(11-9-21)19(25)15-4-3-5-16(12-15)20-17(23)14-6-7-14/h3-5,12-14H,6-11H2,1-2H3,(H,20,23). The molecule has 1 aliphatic carbocycles. The van der Waals surface area contributed by atoms with Crippen LogP contribution in [0.15, 0.2) is 24.3 Å². The lowest BCUT2D eigenvalue weighted by molar-refractivity contribution is -0.135. The molecule has 1 aromatic carbocycles. The van der Waals surface area contributed by atoms with Gasteiger partial charge in [-0.05, 0) is 31.0 Å². The maximum Gasteiger partial charge on any atom is 0.254 e. The van der Waals surface area contributed by atoms with E-state index in [2.05, 4.69) is 5.32 Å². The zero-order chi connectivity index (χ0) is 18.0. The quantitative estimate of drug-likeness (QED) is 0.909. The molecular formula is C19H25N3O3. The van der Waals surface area contributed by atoms with Crippen LogP contribution in [0.2, 0.25) is 0 Å². The number of anilines is 1. The number of carbonyl (C=O) groups excluding carboxylic acids is 3. The highest BCUT2D eigenvalue weighted by Crippen LogP contribution is 2.30. The lowest BCUT2D eigenvalue weighted by Crippen LogP contribution is -2.51. The third-order valence-corrected chi connectivity index (χ3v) is 4.70. The van der Waals surface area contributed by atoms with Gasteiger partial charge in [-0.3, -0.25) is 14.4 Å². The highest BCUT2D eigenvalue weighted by molar-refractivity contribution is 5.98. The number of nitrogens with zero attached hydrogens (tertiary/aromatic N) is 2. The Morgan fingerprint density at radius 1 is 1.04 bits per heavy atom. The highest BCUT2D eigenvalue weighted by atomic mass is 16.2.